The predicted molar refractivity (Wildman–Crippen MR) is 116 cm³/mol. The molecule has 196 valence electrons. The Bertz CT molecular complexity index is 1300. The minimum absolute atomic E-state index is 0.0504. The molecular formula is C23H13ClF9N3O. The number of nitrogens with one attached hydrogen (secondary N) is 1. The number of ketones is 1. The summed E-state index contributed by atoms with van der Waals surface area (Å²) in [5.41, 5.74) is -4.41. The van der Waals surface area contributed by atoms with Crippen LogP contribution in [0.3, 0.4) is 0 Å². The number of nitrogens with zero attached hydrogens (tertiary/aromatic N) is 2. The topological polar surface area (TPSA) is 54.9 Å². The Morgan fingerprint density at radius 3 is 2.24 bits per heavy atom. The van der Waals surface area contributed by atoms with Gasteiger partial charge in [-0.15, -0.1) is 0 Å². The van der Waals surface area contributed by atoms with Gasteiger partial charge in [0.25, 0.3) is 0 Å². The van der Waals surface area contributed by atoms with Crippen LogP contribution in [0.4, 0.5) is 45.5 Å². The quantitative estimate of drug-likeness (QED) is 0.188. The summed E-state index contributed by atoms with van der Waals surface area (Å²) in [4.78, 5) is 19.9. The van der Waals surface area contributed by atoms with E-state index >= 15 is 0 Å². The molecule has 0 radical (unpaired) electrons. The van der Waals surface area contributed by atoms with Crippen LogP contribution in [0.25, 0.3) is 5.83 Å². The predicted octanol–water partition coefficient (Wildman–Crippen LogP) is 7.38. The Labute approximate surface area is 207 Å². The average Bonchev–Trinajstić information content (AvgIpc) is 2.83. The van der Waals surface area contributed by atoms with Gasteiger partial charge in [0.1, 0.15) is 11.7 Å². The molecule has 0 fully saturated rings. The second-order valence-electron chi connectivity index (χ2n) is 7.44. The second kappa shape index (κ2) is 10.8. The van der Waals surface area contributed by atoms with Gasteiger partial charge in [-0.25, -0.2) is 23.1 Å². The summed E-state index contributed by atoms with van der Waals surface area (Å²) in [6.07, 6.45) is -7.91. The van der Waals surface area contributed by atoms with Crippen molar-refractivity contribution in [1.29, 1.82) is 0 Å². The molecule has 0 saturated carbocycles. The standard InChI is InChI=1S/C23H13ClF9N3O/c24-16-7-12(8-18(26)20(16)27)14(22(28,29)30)9-17(25)11-2-3-13(15(6-11)23(31,32)33)19(37)10-36-21-34-4-1-5-35-21/h1-9,14H,10H2,(H,34,35,36)/b17-9-. The summed E-state index contributed by atoms with van der Waals surface area (Å²) in [5, 5.41) is 1.41. The molecule has 0 aliphatic rings. The first-order chi connectivity index (χ1) is 17.2. The highest BCUT2D eigenvalue weighted by Crippen LogP contribution is 2.41. The largest absolute Gasteiger partial charge is 0.417 e. The van der Waals surface area contributed by atoms with Gasteiger partial charge in [-0.05, 0) is 35.9 Å². The minimum Gasteiger partial charge on any atom is -0.347 e. The molecule has 0 amide bonds. The number of allylic oxidation sites excluding steroid dienone is 1. The molecular weight excluding hydrogens is 541 g/mol. The Hall–Kier alpha value is -3.61. The molecule has 1 heterocycles. The van der Waals surface area contributed by atoms with E-state index in [0.717, 1.165) is 0 Å². The number of carbonyl (C=O) groups excluding carboxylic acids is 1. The Morgan fingerprint density at radius 1 is 1.03 bits per heavy atom. The average molecular weight is 554 g/mol. The number of carbonyl (C=O) groups is 1. The van der Waals surface area contributed by atoms with Crippen LogP contribution in [0, 0.1) is 11.6 Å². The van der Waals surface area contributed by atoms with E-state index in [1.165, 1.54) is 18.5 Å². The lowest BCUT2D eigenvalue weighted by molar-refractivity contribution is -0.140. The lowest BCUT2D eigenvalue weighted by Gasteiger charge is -2.19. The van der Waals surface area contributed by atoms with Crippen molar-refractivity contribution >= 4 is 29.2 Å². The first-order valence-corrected chi connectivity index (χ1v) is 10.4. The maximum atomic E-state index is 14.8. The van der Waals surface area contributed by atoms with Gasteiger partial charge in [0.15, 0.2) is 17.4 Å². The molecule has 14 heteroatoms. The maximum absolute atomic E-state index is 14.8. The van der Waals surface area contributed by atoms with E-state index in [9.17, 15) is 44.3 Å². The summed E-state index contributed by atoms with van der Waals surface area (Å²) >= 11 is 5.38. The van der Waals surface area contributed by atoms with E-state index in [4.69, 9.17) is 11.6 Å². The number of hydrogen-bond donors (Lipinski definition) is 1. The molecule has 0 saturated heterocycles. The van der Waals surface area contributed by atoms with Gasteiger partial charge >= 0.3 is 12.4 Å². The molecule has 1 unspecified atom stereocenters. The molecule has 2 aromatic carbocycles. The van der Waals surface area contributed by atoms with Crippen molar-refractivity contribution in [2.45, 2.75) is 18.3 Å². The number of rotatable bonds is 7. The lowest BCUT2D eigenvalue weighted by Crippen LogP contribution is -2.20. The normalized spacial score (nSPS) is 13.4. The molecule has 0 aliphatic carbocycles. The number of hydrogen-bond acceptors (Lipinski definition) is 4. The molecule has 0 bridgehead atoms. The van der Waals surface area contributed by atoms with E-state index in [2.05, 4.69) is 15.3 Å². The van der Waals surface area contributed by atoms with Crippen molar-refractivity contribution in [3.63, 3.8) is 0 Å². The molecule has 4 nitrogen and oxygen atoms in total. The van der Waals surface area contributed by atoms with Crippen LogP contribution in [-0.4, -0.2) is 28.5 Å². The van der Waals surface area contributed by atoms with Crippen molar-refractivity contribution in [2.24, 2.45) is 0 Å². The number of benzene rings is 2. The molecule has 0 aliphatic heterocycles. The van der Waals surface area contributed by atoms with Gasteiger partial charge in [-0.3, -0.25) is 4.79 Å². The maximum Gasteiger partial charge on any atom is 0.417 e. The highest BCUT2D eigenvalue weighted by Gasteiger charge is 2.41. The van der Waals surface area contributed by atoms with Crippen LogP contribution >= 0.6 is 11.6 Å². The molecule has 0 spiro atoms. The zero-order valence-electron chi connectivity index (χ0n) is 18.1. The third-order valence-corrected chi connectivity index (χ3v) is 5.18. The van der Waals surface area contributed by atoms with E-state index in [1.807, 2.05) is 0 Å². The minimum atomic E-state index is -5.25. The Kier molecular flexibility index (Phi) is 8.16. The highest BCUT2D eigenvalue weighted by atomic mass is 35.5. The third-order valence-electron chi connectivity index (χ3n) is 4.90. The van der Waals surface area contributed by atoms with E-state index < -0.39 is 75.3 Å². The summed E-state index contributed by atoms with van der Waals surface area (Å²) < 4.78 is 124. The summed E-state index contributed by atoms with van der Waals surface area (Å²) in [5.74, 6) is -9.14. The molecule has 3 rings (SSSR count). The zero-order chi connectivity index (χ0) is 27.5. The monoisotopic (exact) mass is 553 g/mol. The Morgan fingerprint density at radius 2 is 1.68 bits per heavy atom. The molecule has 1 N–H and O–H groups in total. The fourth-order valence-corrected chi connectivity index (χ4v) is 3.41. The summed E-state index contributed by atoms with van der Waals surface area (Å²) in [6.45, 7) is -0.669. The Balaban J connectivity index is 1.99. The molecule has 3 aromatic rings. The zero-order valence-corrected chi connectivity index (χ0v) is 18.8. The molecule has 1 aromatic heterocycles. The fraction of sp³-hybridized carbons (Fsp3) is 0.174. The number of alkyl halides is 6. The number of Topliss-reactive ketones (excluding diaryl/α,β-unsaturated/α-hetero) is 1. The van der Waals surface area contributed by atoms with Crippen LogP contribution in [0.1, 0.15) is 33.0 Å². The van der Waals surface area contributed by atoms with Crippen LogP contribution in [0.5, 0.6) is 0 Å². The van der Waals surface area contributed by atoms with Gasteiger partial charge in [0, 0.05) is 23.5 Å². The smallest absolute Gasteiger partial charge is 0.347 e. The van der Waals surface area contributed by atoms with Gasteiger partial charge < -0.3 is 5.32 Å². The van der Waals surface area contributed by atoms with Crippen LogP contribution in [-0.2, 0) is 6.18 Å². The molecule has 37 heavy (non-hydrogen) atoms. The van der Waals surface area contributed by atoms with E-state index in [0.29, 0.717) is 18.2 Å². The third kappa shape index (κ3) is 6.79. The highest BCUT2D eigenvalue weighted by molar-refractivity contribution is 6.30. The van der Waals surface area contributed by atoms with E-state index in [1.54, 1.807) is 0 Å². The first kappa shape index (κ1) is 28.0. The number of halogens is 10. The number of anilines is 1. The summed E-state index contributed by atoms with van der Waals surface area (Å²) in [7, 11) is 0. The van der Waals surface area contributed by atoms with Crippen LogP contribution in [0.2, 0.25) is 5.02 Å². The second-order valence-corrected chi connectivity index (χ2v) is 7.85. The van der Waals surface area contributed by atoms with Crippen molar-refractivity contribution in [3.8, 4) is 0 Å². The lowest BCUT2D eigenvalue weighted by atomic mass is 9.94. The van der Waals surface area contributed by atoms with Gasteiger partial charge in [0.2, 0.25) is 5.95 Å². The van der Waals surface area contributed by atoms with Crippen molar-refractivity contribution < 1.29 is 44.3 Å². The van der Waals surface area contributed by atoms with Crippen LogP contribution < -0.4 is 5.32 Å². The van der Waals surface area contributed by atoms with Gasteiger partial charge in [-0.1, -0.05) is 23.7 Å². The summed E-state index contributed by atoms with van der Waals surface area (Å²) in [6, 6.07) is 3.49. The van der Waals surface area contributed by atoms with Crippen molar-refractivity contribution in [1.82, 2.24) is 9.97 Å². The van der Waals surface area contributed by atoms with Gasteiger partial charge in [0.05, 0.1) is 17.1 Å². The SMILES string of the molecule is O=C(CNc1ncccn1)c1ccc(/C(F)=C/C(c2cc(F)c(F)c(Cl)c2)C(F)(F)F)cc1C(F)(F)F. The van der Waals surface area contributed by atoms with Crippen molar-refractivity contribution in [3.05, 3.63) is 93.8 Å². The van der Waals surface area contributed by atoms with Gasteiger partial charge in [-0.2, -0.15) is 26.3 Å². The first-order valence-electron chi connectivity index (χ1n) is 10.0. The van der Waals surface area contributed by atoms with Crippen molar-refractivity contribution in [2.75, 3.05) is 11.9 Å². The molecule has 1 atom stereocenters. The fourth-order valence-electron chi connectivity index (χ4n) is 3.19. The van der Waals surface area contributed by atoms with E-state index in [-0.39, 0.29) is 24.2 Å². The number of aromatic nitrogens is 2. The van der Waals surface area contributed by atoms with Crippen LogP contribution in [0.15, 0.2) is 54.9 Å².